The summed E-state index contributed by atoms with van der Waals surface area (Å²) in [6.07, 6.45) is 1.09. The smallest absolute Gasteiger partial charge is 0.304 e. The highest BCUT2D eigenvalue weighted by Gasteiger charge is 2.16. The lowest BCUT2D eigenvalue weighted by atomic mass is 10.1. The van der Waals surface area contributed by atoms with E-state index in [9.17, 15) is 4.79 Å². The quantitative estimate of drug-likeness (QED) is 0.780. The summed E-state index contributed by atoms with van der Waals surface area (Å²) in [5.74, 6) is -0.760. The second-order valence-corrected chi connectivity index (χ2v) is 6.84. The number of halogens is 1. The summed E-state index contributed by atoms with van der Waals surface area (Å²) in [5.41, 5.74) is 1.15. The monoisotopic (exact) mass is 337 g/mol. The van der Waals surface area contributed by atoms with Gasteiger partial charge in [-0.3, -0.25) is 9.69 Å². The zero-order valence-corrected chi connectivity index (χ0v) is 14.1. The molecule has 0 bridgehead atoms. The molecule has 0 fully saturated rings. The number of hydrogen-bond donors (Lipinski definition) is 1. The van der Waals surface area contributed by atoms with Crippen LogP contribution in [0.2, 0.25) is 5.02 Å². The van der Waals surface area contributed by atoms with Crippen LogP contribution in [-0.4, -0.2) is 28.6 Å². The Morgan fingerprint density at radius 2 is 2.05 bits per heavy atom. The van der Waals surface area contributed by atoms with Gasteiger partial charge in [-0.15, -0.1) is 11.3 Å². The molecule has 0 aliphatic carbocycles. The van der Waals surface area contributed by atoms with Gasteiger partial charge in [-0.2, -0.15) is 0 Å². The fraction of sp³-hybridized carbons (Fsp3) is 0.353. The number of nitrogens with zero attached hydrogens (tertiary/aromatic N) is 1. The van der Waals surface area contributed by atoms with Crippen molar-refractivity contribution in [2.45, 2.75) is 32.4 Å². The molecule has 5 heteroatoms. The number of carboxylic acids is 1. The Bertz CT molecular complexity index is 583. The SMILES string of the molecule is CC(Cc1cccs1)N(CCC(=O)O)Cc1ccc(Cl)cc1. The number of rotatable bonds is 8. The summed E-state index contributed by atoms with van der Waals surface area (Å²) in [4.78, 5) is 14.4. The predicted octanol–water partition coefficient (Wildman–Crippen LogP) is 4.31. The van der Waals surface area contributed by atoms with E-state index in [4.69, 9.17) is 16.7 Å². The van der Waals surface area contributed by atoms with E-state index in [2.05, 4.69) is 23.3 Å². The van der Waals surface area contributed by atoms with E-state index in [1.54, 1.807) is 11.3 Å². The molecule has 1 aromatic heterocycles. The average molecular weight is 338 g/mol. The van der Waals surface area contributed by atoms with Crippen molar-refractivity contribution < 1.29 is 9.90 Å². The average Bonchev–Trinajstić information content (AvgIpc) is 2.98. The molecule has 22 heavy (non-hydrogen) atoms. The Hall–Kier alpha value is -1.36. The third-order valence-corrected chi connectivity index (χ3v) is 4.76. The molecule has 3 nitrogen and oxygen atoms in total. The number of benzene rings is 1. The minimum atomic E-state index is -0.760. The van der Waals surface area contributed by atoms with Crippen molar-refractivity contribution in [1.29, 1.82) is 0 Å². The number of thiophene rings is 1. The summed E-state index contributed by atoms with van der Waals surface area (Å²) in [5, 5.41) is 11.7. The van der Waals surface area contributed by atoms with E-state index < -0.39 is 5.97 Å². The van der Waals surface area contributed by atoms with E-state index in [0.29, 0.717) is 11.6 Å². The third kappa shape index (κ3) is 5.44. The van der Waals surface area contributed by atoms with Crippen molar-refractivity contribution in [3.05, 3.63) is 57.2 Å². The van der Waals surface area contributed by atoms with Crippen molar-refractivity contribution in [2.24, 2.45) is 0 Å². The highest BCUT2D eigenvalue weighted by atomic mass is 35.5. The second-order valence-electron chi connectivity index (χ2n) is 5.37. The third-order valence-electron chi connectivity index (χ3n) is 3.61. The fourth-order valence-electron chi connectivity index (χ4n) is 2.37. The topological polar surface area (TPSA) is 40.5 Å². The minimum Gasteiger partial charge on any atom is -0.481 e. The molecule has 1 atom stereocenters. The van der Waals surface area contributed by atoms with Gasteiger partial charge in [-0.05, 0) is 42.5 Å². The van der Waals surface area contributed by atoms with Crippen LogP contribution in [0.1, 0.15) is 23.8 Å². The van der Waals surface area contributed by atoms with Gasteiger partial charge in [0, 0.05) is 29.0 Å². The summed E-state index contributed by atoms with van der Waals surface area (Å²) >= 11 is 7.66. The number of hydrogen-bond acceptors (Lipinski definition) is 3. The molecule has 0 aliphatic rings. The zero-order chi connectivity index (χ0) is 15.9. The molecule has 0 saturated carbocycles. The highest BCUT2D eigenvalue weighted by Crippen LogP contribution is 2.18. The Morgan fingerprint density at radius 1 is 1.32 bits per heavy atom. The predicted molar refractivity (Wildman–Crippen MR) is 91.6 cm³/mol. The van der Waals surface area contributed by atoms with Crippen LogP contribution in [-0.2, 0) is 17.8 Å². The summed E-state index contributed by atoms with van der Waals surface area (Å²) in [7, 11) is 0. The Kier molecular flexibility index (Phi) is 6.43. The second kappa shape index (κ2) is 8.32. The molecule has 0 aliphatic heterocycles. The van der Waals surface area contributed by atoms with E-state index in [0.717, 1.165) is 18.5 Å². The van der Waals surface area contributed by atoms with Crippen molar-refractivity contribution in [3.8, 4) is 0 Å². The van der Waals surface area contributed by atoms with Crippen LogP contribution in [0, 0.1) is 0 Å². The molecule has 118 valence electrons. The number of carbonyl (C=O) groups is 1. The van der Waals surface area contributed by atoms with Crippen molar-refractivity contribution in [1.82, 2.24) is 4.90 Å². The molecular formula is C17H20ClNO2S. The summed E-state index contributed by atoms with van der Waals surface area (Å²) in [6.45, 7) is 3.43. The summed E-state index contributed by atoms with van der Waals surface area (Å²) in [6, 6.07) is 12.2. The van der Waals surface area contributed by atoms with Gasteiger partial charge >= 0.3 is 5.97 Å². The first-order chi connectivity index (χ1) is 10.5. The molecule has 2 aromatic rings. The molecule has 1 N–H and O–H groups in total. The molecule has 1 aromatic carbocycles. The minimum absolute atomic E-state index is 0.155. The first-order valence-electron chi connectivity index (χ1n) is 7.27. The van der Waals surface area contributed by atoms with Crippen LogP contribution in [0.25, 0.3) is 0 Å². The molecular weight excluding hydrogens is 318 g/mol. The van der Waals surface area contributed by atoms with Crippen LogP contribution in [0.5, 0.6) is 0 Å². The van der Waals surface area contributed by atoms with E-state index >= 15 is 0 Å². The van der Waals surface area contributed by atoms with Gasteiger partial charge in [0.1, 0.15) is 0 Å². The van der Waals surface area contributed by atoms with Gasteiger partial charge in [0.15, 0.2) is 0 Å². The maximum absolute atomic E-state index is 10.9. The van der Waals surface area contributed by atoms with Crippen molar-refractivity contribution >= 4 is 28.9 Å². The Morgan fingerprint density at radius 3 is 2.64 bits per heavy atom. The first-order valence-corrected chi connectivity index (χ1v) is 8.53. The normalized spacial score (nSPS) is 12.5. The van der Waals surface area contributed by atoms with E-state index in [-0.39, 0.29) is 12.5 Å². The van der Waals surface area contributed by atoms with Gasteiger partial charge in [0.25, 0.3) is 0 Å². The van der Waals surface area contributed by atoms with Crippen LogP contribution in [0.15, 0.2) is 41.8 Å². The lowest BCUT2D eigenvalue weighted by Crippen LogP contribution is -2.35. The van der Waals surface area contributed by atoms with Gasteiger partial charge in [-0.1, -0.05) is 29.8 Å². The van der Waals surface area contributed by atoms with E-state index in [1.807, 2.05) is 30.3 Å². The molecule has 2 rings (SSSR count). The van der Waals surface area contributed by atoms with E-state index in [1.165, 1.54) is 4.88 Å². The van der Waals surface area contributed by atoms with Crippen molar-refractivity contribution in [2.75, 3.05) is 6.54 Å². The molecule has 0 saturated heterocycles. The Balaban J connectivity index is 2.03. The lowest BCUT2D eigenvalue weighted by Gasteiger charge is -2.28. The van der Waals surface area contributed by atoms with Crippen molar-refractivity contribution in [3.63, 3.8) is 0 Å². The molecule has 0 spiro atoms. The highest BCUT2D eigenvalue weighted by molar-refractivity contribution is 7.09. The lowest BCUT2D eigenvalue weighted by molar-refractivity contribution is -0.137. The zero-order valence-electron chi connectivity index (χ0n) is 12.5. The summed E-state index contributed by atoms with van der Waals surface area (Å²) < 4.78 is 0. The van der Waals surface area contributed by atoms with Gasteiger partial charge in [-0.25, -0.2) is 0 Å². The van der Waals surface area contributed by atoms with Gasteiger partial charge in [0.05, 0.1) is 6.42 Å². The Labute approximate surface area is 140 Å². The molecule has 1 heterocycles. The van der Waals surface area contributed by atoms with Crippen LogP contribution < -0.4 is 0 Å². The molecule has 0 amide bonds. The fourth-order valence-corrected chi connectivity index (χ4v) is 3.32. The molecule has 0 radical (unpaired) electrons. The maximum Gasteiger partial charge on any atom is 0.304 e. The van der Waals surface area contributed by atoms with Crippen LogP contribution in [0.4, 0.5) is 0 Å². The number of carboxylic acid groups (broad SMARTS) is 1. The molecule has 1 unspecified atom stereocenters. The van der Waals surface area contributed by atoms with Crippen LogP contribution in [0.3, 0.4) is 0 Å². The van der Waals surface area contributed by atoms with Gasteiger partial charge < -0.3 is 5.11 Å². The number of aliphatic carboxylic acids is 1. The first kappa shape index (κ1) is 17.0. The standard InChI is InChI=1S/C17H20ClNO2S/c1-13(11-16-3-2-10-22-16)19(9-8-17(20)21)12-14-4-6-15(18)7-5-14/h2-7,10,13H,8-9,11-12H2,1H3,(H,20,21). The van der Waals surface area contributed by atoms with Crippen LogP contribution >= 0.6 is 22.9 Å². The largest absolute Gasteiger partial charge is 0.481 e. The maximum atomic E-state index is 10.9. The van der Waals surface area contributed by atoms with Gasteiger partial charge in [0.2, 0.25) is 0 Å².